The lowest BCUT2D eigenvalue weighted by Gasteiger charge is -1.97. The molecule has 0 bridgehead atoms. The van der Waals surface area contributed by atoms with Crippen LogP contribution in [-0.2, 0) is 6.42 Å². The number of aromatic nitrogens is 3. The Balaban J connectivity index is 2.73. The lowest BCUT2D eigenvalue weighted by molar-refractivity contribution is 1.04. The van der Waals surface area contributed by atoms with Gasteiger partial charge in [0.15, 0.2) is 5.65 Å². The summed E-state index contributed by atoms with van der Waals surface area (Å²) < 4.78 is 0. The van der Waals surface area contributed by atoms with Gasteiger partial charge in [0.2, 0.25) is 0 Å². The maximum absolute atomic E-state index is 10.9. The van der Waals surface area contributed by atoms with E-state index in [-0.39, 0.29) is 5.56 Å². The average Bonchev–Trinajstić information content (AvgIpc) is 2.17. The van der Waals surface area contributed by atoms with E-state index in [2.05, 4.69) is 15.0 Å². The topological polar surface area (TPSA) is 58.6 Å². The van der Waals surface area contributed by atoms with Crippen LogP contribution in [0.2, 0.25) is 0 Å². The van der Waals surface area contributed by atoms with Gasteiger partial charge in [0.25, 0.3) is 5.56 Å². The molecule has 4 heteroatoms. The number of pyridine rings is 1. The van der Waals surface area contributed by atoms with Crippen LogP contribution in [0.1, 0.15) is 12.6 Å². The maximum Gasteiger partial charge on any atom is 0.266 e. The number of nitrogens with one attached hydrogen (secondary N) is 1. The van der Waals surface area contributed by atoms with E-state index in [0.717, 1.165) is 12.1 Å². The summed E-state index contributed by atoms with van der Waals surface area (Å²) >= 11 is 0. The van der Waals surface area contributed by atoms with Crippen LogP contribution in [-0.4, -0.2) is 15.0 Å². The molecule has 0 aliphatic heterocycles. The first-order valence-corrected chi connectivity index (χ1v) is 4.14. The standard InChI is InChI=1S/C9H9N3O/c1-2-6-3-4-7-9(11-6)10-5-8(13)12-7/h3-5H,2H2,1H3,(H,12,13). The molecule has 2 rings (SSSR count). The molecule has 4 nitrogen and oxygen atoms in total. The van der Waals surface area contributed by atoms with E-state index in [0.29, 0.717) is 11.2 Å². The van der Waals surface area contributed by atoms with Crippen molar-refractivity contribution in [2.45, 2.75) is 13.3 Å². The molecule has 0 radical (unpaired) electrons. The lowest BCUT2D eigenvalue weighted by atomic mass is 10.3. The largest absolute Gasteiger partial charge is 0.318 e. The van der Waals surface area contributed by atoms with Gasteiger partial charge < -0.3 is 4.98 Å². The molecule has 1 N–H and O–H groups in total. The molecule has 0 saturated heterocycles. The Morgan fingerprint density at radius 1 is 1.46 bits per heavy atom. The van der Waals surface area contributed by atoms with Crippen molar-refractivity contribution in [3.05, 3.63) is 34.4 Å². The summed E-state index contributed by atoms with van der Waals surface area (Å²) in [6, 6.07) is 3.72. The van der Waals surface area contributed by atoms with Gasteiger partial charge in [0.05, 0.1) is 11.7 Å². The van der Waals surface area contributed by atoms with Crippen LogP contribution < -0.4 is 5.56 Å². The number of nitrogens with zero attached hydrogens (tertiary/aromatic N) is 2. The van der Waals surface area contributed by atoms with Crippen LogP contribution in [0.3, 0.4) is 0 Å². The fraction of sp³-hybridized carbons (Fsp3) is 0.222. The number of aryl methyl sites for hydroxylation is 1. The van der Waals surface area contributed by atoms with E-state index in [1.54, 1.807) is 0 Å². The fourth-order valence-corrected chi connectivity index (χ4v) is 1.17. The fourth-order valence-electron chi connectivity index (χ4n) is 1.17. The smallest absolute Gasteiger partial charge is 0.266 e. The Hall–Kier alpha value is -1.71. The Bertz CT molecular complexity index is 489. The van der Waals surface area contributed by atoms with Gasteiger partial charge in [-0.3, -0.25) is 4.79 Å². The van der Waals surface area contributed by atoms with Gasteiger partial charge in [-0.15, -0.1) is 0 Å². The van der Waals surface area contributed by atoms with Gasteiger partial charge >= 0.3 is 0 Å². The summed E-state index contributed by atoms with van der Waals surface area (Å²) in [4.78, 5) is 21.7. The first-order valence-electron chi connectivity index (χ1n) is 4.14. The van der Waals surface area contributed by atoms with E-state index in [9.17, 15) is 4.79 Å². The van der Waals surface area contributed by atoms with E-state index < -0.39 is 0 Å². The minimum absolute atomic E-state index is 0.196. The molecule has 0 atom stereocenters. The third-order valence-electron chi connectivity index (χ3n) is 1.86. The molecule has 2 aromatic rings. The molecule has 0 aromatic carbocycles. The Kier molecular flexibility index (Phi) is 1.81. The SMILES string of the molecule is CCc1ccc2[nH]c(=O)cnc2n1. The van der Waals surface area contributed by atoms with Crippen molar-refractivity contribution < 1.29 is 0 Å². The summed E-state index contributed by atoms with van der Waals surface area (Å²) in [6.07, 6.45) is 2.12. The highest BCUT2D eigenvalue weighted by Gasteiger charge is 1.97. The lowest BCUT2D eigenvalue weighted by Crippen LogP contribution is -2.06. The molecule has 0 amide bonds. The van der Waals surface area contributed by atoms with E-state index in [1.165, 1.54) is 6.20 Å². The highest BCUT2D eigenvalue weighted by molar-refractivity contribution is 5.68. The third kappa shape index (κ3) is 1.42. The van der Waals surface area contributed by atoms with Crippen molar-refractivity contribution in [3.63, 3.8) is 0 Å². The Morgan fingerprint density at radius 3 is 3.08 bits per heavy atom. The van der Waals surface area contributed by atoms with Crippen LogP contribution in [0.5, 0.6) is 0 Å². The maximum atomic E-state index is 10.9. The Morgan fingerprint density at radius 2 is 2.31 bits per heavy atom. The van der Waals surface area contributed by atoms with Gasteiger partial charge in [-0.25, -0.2) is 9.97 Å². The minimum atomic E-state index is -0.196. The van der Waals surface area contributed by atoms with Crippen molar-refractivity contribution in [1.29, 1.82) is 0 Å². The molecule has 0 fully saturated rings. The molecule has 2 heterocycles. The molecular weight excluding hydrogens is 166 g/mol. The first-order chi connectivity index (χ1) is 6.29. The van der Waals surface area contributed by atoms with Gasteiger partial charge in [-0.2, -0.15) is 0 Å². The predicted molar refractivity (Wildman–Crippen MR) is 49.5 cm³/mol. The molecule has 0 unspecified atom stereocenters. The van der Waals surface area contributed by atoms with Crippen molar-refractivity contribution in [3.8, 4) is 0 Å². The predicted octanol–water partition coefficient (Wildman–Crippen LogP) is 0.880. The van der Waals surface area contributed by atoms with Crippen LogP contribution in [0.4, 0.5) is 0 Å². The number of hydrogen-bond donors (Lipinski definition) is 1. The van der Waals surface area contributed by atoms with Gasteiger partial charge in [0, 0.05) is 5.69 Å². The second-order valence-corrected chi connectivity index (χ2v) is 2.77. The number of hydrogen-bond acceptors (Lipinski definition) is 3. The molecule has 0 aliphatic rings. The molecule has 13 heavy (non-hydrogen) atoms. The summed E-state index contributed by atoms with van der Waals surface area (Å²) in [7, 11) is 0. The van der Waals surface area contributed by atoms with E-state index in [4.69, 9.17) is 0 Å². The third-order valence-corrected chi connectivity index (χ3v) is 1.86. The van der Waals surface area contributed by atoms with E-state index >= 15 is 0 Å². The zero-order valence-corrected chi connectivity index (χ0v) is 7.24. The monoisotopic (exact) mass is 175 g/mol. The number of rotatable bonds is 1. The first kappa shape index (κ1) is 7.91. The molecule has 2 aromatic heterocycles. The second-order valence-electron chi connectivity index (χ2n) is 2.77. The van der Waals surface area contributed by atoms with Crippen molar-refractivity contribution in [1.82, 2.24) is 15.0 Å². The van der Waals surface area contributed by atoms with Crippen LogP contribution in [0, 0.1) is 0 Å². The molecule has 0 aliphatic carbocycles. The van der Waals surface area contributed by atoms with E-state index in [1.807, 2.05) is 19.1 Å². The molecule has 66 valence electrons. The van der Waals surface area contributed by atoms with Crippen molar-refractivity contribution in [2.24, 2.45) is 0 Å². The molecule has 0 saturated carbocycles. The number of fused-ring (bicyclic) bond motifs is 1. The van der Waals surface area contributed by atoms with Crippen LogP contribution in [0.15, 0.2) is 23.1 Å². The zero-order chi connectivity index (χ0) is 9.26. The summed E-state index contributed by atoms with van der Waals surface area (Å²) in [5.41, 5.74) is 2.06. The summed E-state index contributed by atoms with van der Waals surface area (Å²) in [6.45, 7) is 2.03. The molecular formula is C9H9N3O. The van der Waals surface area contributed by atoms with Crippen molar-refractivity contribution in [2.75, 3.05) is 0 Å². The Labute approximate surface area is 74.7 Å². The van der Waals surface area contributed by atoms with Gasteiger partial charge in [0.1, 0.15) is 0 Å². The zero-order valence-electron chi connectivity index (χ0n) is 7.24. The highest BCUT2D eigenvalue weighted by Crippen LogP contribution is 2.04. The van der Waals surface area contributed by atoms with Gasteiger partial charge in [-0.05, 0) is 18.6 Å². The summed E-state index contributed by atoms with van der Waals surface area (Å²) in [5, 5.41) is 0. The normalized spacial score (nSPS) is 10.5. The van der Waals surface area contributed by atoms with Gasteiger partial charge in [-0.1, -0.05) is 6.92 Å². The number of H-pyrrole nitrogens is 1. The minimum Gasteiger partial charge on any atom is -0.318 e. The van der Waals surface area contributed by atoms with Crippen LogP contribution >= 0.6 is 0 Å². The number of aromatic amines is 1. The van der Waals surface area contributed by atoms with Crippen LogP contribution in [0.25, 0.3) is 11.2 Å². The highest BCUT2D eigenvalue weighted by atomic mass is 16.1. The average molecular weight is 175 g/mol. The quantitative estimate of drug-likeness (QED) is 0.699. The summed E-state index contributed by atoms with van der Waals surface area (Å²) in [5.74, 6) is 0. The molecule has 0 spiro atoms. The van der Waals surface area contributed by atoms with Crippen molar-refractivity contribution >= 4 is 11.2 Å². The second kappa shape index (κ2) is 2.97.